The molecule has 0 aromatic carbocycles. The van der Waals surface area contributed by atoms with Gasteiger partial charge in [0.05, 0.1) is 5.60 Å². The van der Waals surface area contributed by atoms with Crippen molar-refractivity contribution in [3.63, 3.8) is 0 Å². The first-order valence-corrected chi connectivity index (χ1v) is 6.90. The third-order valence-corrected chi connectivity index (χ3v) is 5.54. The molecule has 5 unspecified atom stereocenters. The third-order valence-electron chi connectivity index (χ3n) is 5.54. The van der Waals surface area contributed by atoms with Gasteiger partial charge in [0.25, 0.3) is 0 Å². The number of hydrogen-bond acceptors (Lipinski definition) is 1. The van der Waals surface area contributed by atoms with Crippen LogP contribution in [0.5, 0.6) is 0 Å². The topological polar surface area (TPSA) is 20.2 Å². The van der Waals surface area contributed by atoms with E-state index in [9.17, 15) is 5.11 Å². The Morgan fingerprint density at radius 3 is 2.94 bits per heavy atom. The summed E-state index contributed by atoms with van der Waals surface area (Å²) >= 11 is 0. The molecule has 3 saturated carbocycles. The number of fused-ring (bicyclic) bond motifs is 5. The van der Waals surface area contributed by atoms with Gasteiger partial charge in [-0.05, 0) is 62.2 Å². The molecule has 1 N–H and O–H groups in total. The Morgan fingerprint density at radius 1 is 1.31 bits per heavy atom. The molecule has 5 atom stereocenters. The predicted molar refractivity (Wildman–Crippen MR) is 64.7 cm³/mol. The third kappa shape index (κ3) is 1.43. The van der Waals surface area contributed by atoms with Crippen LogP contribution in [0.3, 0.4) is 0 Å². The van der Waals surface area contributed by atoms with E-state index >= 15 is 0 Å². The molecule has 0 aromatic rings. The van der Waals surface area contributed by atoms with Gasteiger partial charge >= 0.3 is 0 Å². The van der Waals surface area contributed by atoms with Crippen LogP contribution in [0.2, 0.25) is 0 Å². The van der Waals surface area contributed by atoms with E-state index < -0.39 is 0 Å². The lowest BCUT2D eigenvalue weighted by Gasteiger charge is -2.39. The number of unbranched alkanes of at least 4 members (excludes halogenated alkanes) is 1. The molecule has 0 amide bonds. The Labute approximate surface area is 98.6 Å². The van der Waals surface area contributed by atoms with Gasteiger partial charge in [-0.2, -0.15) is 0 Å². The van der Waals surface area contributed by atoms with Crippen LogP contribution < -0.4 is 0 Å². The van der Waals surface area contributed by atoms with Crippen LogP contribution in [0.25, 0.3) is 0 Å². The molecule has 3 aliphatic rings. The Hall–Kier alpha value is -0.480. The van der Waals surface area contributed by atoms with Crippen LogP contribution in [0.1, 0.15) is 51.4 Å². The maximum atomic E-state index is 10.8. The van der Waals surface area contributed by atoms with E-state index in [0.717, 1.165) is 43.4 Å². The van der Waals surface area contributed by atoms with Gasteiger partial charge in [-0.3, -0.25) is 0 Å². The molecule has 3 rings (SSSR count). The van der Waals surface area contributed by atoms with E-state index in [0.29, 0.717) is 5.92 Å². The lowest BCUT2D eigenvalue weighted by molar-refractivity contribution is -0.0528. The van der Waals surface area contributed by atoms with E-state index in [-0.39, 0.29) is 5.60 Å². The predicted octanol–water partition coefficient (Wildman–Crippen LogP) is 2.98. The van der Waals surface area contributed by atoms with Crippen molar-refractivity contribution in [2.45, 2.75) is 57.0 Å². The molecule has 0 heterocycles. The zero-order chi connectivity index (χ0) is 11.2. The summed E-state index contributed by atoms with van der Waals surface area (Å²) < 4.78 is 0. The lowest BCUT2D eigenvalue weighted by atomic mass is 9.71. The molecule has 3 fully saturated rings. The van der Waals surface area contributed by atoms with Crippen LogP contribution in [0.4, 0.5) is 0 Å². The normalized spacial score (nSPS) is 49.2. The second kappa shape index (κ2) is 3.77. The van der Waals surface area contributed by atoms with E-state index in [2.05, 4.69) is 5.92 Å². The van der Waals surface area contributed by atoms with E-state index in [1.807, 2.05) is 0 Å². The van der Waals surface area contributed by atoms with Crippen molar-refractivity contribution in [3.05, 3.63) is 0 Å². The standard InChI is InChI=1S/C15H22O/c1-2-3-4-8-15(16)10-11-9-14(15)13-7-5-6-12(11)13/h1,11-14,16H,3-10H2. The van der Waals surface area contributed by atoms with Crippen LogP contribution in [0.15, 0.2) is 0 Å². The molecule has 0 aromatic heterocycles. The minimum Gasteiger partial charge on any atom is -0.390 e. The second-order valence-electron chi connectivity index (χ2n) is 6.23. The maximum Gasteiger partial charge on any atom is 0.0681 e. The van der Waals surface area contributed by atoms with Crippen molar-refractivity contribution in [3.8, 4) is 12.3 Å². The van der Waals surface area contributed by atoms with Gasteiger partial charge in [0.15, 0.2) is 0 Å². The molecule has 0 saturated heterocycles. The highest BCUT2D eigenvalue weighted by Crippen LogP contribution is 2.63. The second-order valence-corrected chi connectivity index (χ2v) is 6.23. The minimum absolute atomic E-state index is 0.340. The SMILES string of the molecule is C#CCCCC1(O)CC2CC1C1CCCC21. The Morgan fingerprint density at radius 2 is 2.12 bits per heavy atom. The maximum absolute atomic E-state index is 10.8. The largest absolute Gasteiger partial charge is 0.390 e. The van der Waals surface area contributed by atoms with Gasteiger partial charge in [-0.1, -0.05) is 6.42 Å². The molecule has 0 spiro atoms. The number of hydrogen-bond donors (Lipinski definition) is 1. The summed E-state index contributed by atoms with van der Waals surface area (Å²) in [6.07, 6.45) is 14.7. The van der Waals surface area contributed by atoms with Gasteiger partial charge < -0.3 is 5.11 Å². The van der Waals surface area contributed by atoms with Crippen molar-refractivity contribution in [1.29, 1.82) is 0 Å². The van der Waals surface area contributed by atoms with Crippen molar-refractivity contribution in [1.82, 2.24) is 0 Å². The summed E-state index contributed by atoms with van der Waals surface area (Å²) in [5, 5.41) is 10.8. The number of aliphatic hydroxyl groups is 1. The summed E-state index contributed by atoms with van der Waals surface area (Å²) in [5.41, 5.74) is -0.340. The van der Waals surface area contributed by atoms with Crippen LogP contribution in [-0.2, 0) is 0 Å². The summed E-state index contributed by atoms with van der Waals surface area (Å²) in [5.74, 6) is 5.97. The van der Waals surface area contributed by atoms with Gasteiger partial charge in [0, 0.05) is 6.42 Å². The molecular formula is C15H22O. The zero-order valence-corrected chi connectivity index (χ0v) is 9.99. The summed E-state index contributed by atoms with van der Waals surface area (Å²) in [7, 11) is 0. The van der Waals surface area contributed by atoms with Gasteiger partial charge in [-0.25, -0.2) is 0 Å². The van der Waals surface area contributed by atoms with Crippen molar-refractivity contribution in [2.75, 3.05) is 0 Å². The van der Waals surface area contributed by atoms with Gasteiger partial charge in [-0.15, -0.1) is 12.3 Å². The molecule has 0 aliphatic heterocycles. The van der Waals surface area contributed by atoms with Crippen molar-refractivity contribution < 1.29 is 5.11 Å². The minimum atomic E-state index is -0.340. The smallest absolute Gasteiger partial charge is 0.0681 e. The molecule has 3 aliphatic carbocycles. The van der Waals surface area contributed by atoms with E-state index in [4.69, 9.17) is 6.42 Å². The highest BCUT2D eigenvalue weighted by Gasteiger charge is 2.59. The summed E-state index contributed by atoms with van der Waals surface area (Å²) in [4.78, 5) is 0. The zero-order valence-electron chi connectivity index (χ0n) is 9.99. The van der Waals surface area contributed by atoms with Crippen molar-refractivity contribution >= 4 is 0 Å². The average Bonchev–Trinajstić information content (AvgIpc) is 2.87. The highest BCUT2D eigenvalue weighted by molar-refractivity contribution is 5.10. The average molecular weight is 218 g/mol. The lowest BCUT2D eigenvalue weighted by Crippen LogP contribution is -2.41. The molecule has 88 valence electrons. The Kier molecular flexibility index (Phi) is 2.51. The molecule has 1 heteroatoms. The summed E-state index contributed by atoms with van der Waals surface area (Å²) in [6, 6.07) is 0. The van der Waals surface area contributed by atoms with Crippen LogP contribution in [-0.4, -0.2) is 10.7 Å². The monoisotopic (exact) mass is 218 g/mol. The molecule has 1 nitrogen and oxygen atoms in total. The Balaban J connectivity index is 1.68. The van der Waals surface area contributed by atoms with Crippen LogP contribution in [0, 0.1) is 36.0 Å². The fourth-order valence-electron chi connectivity index (χ4n) is 5.02. The summed E-state index contributed by atoms with van der Waals surface area (Å²) in [6.45, 7) is 0. The number of rotatable bonds is 3. The van der Waals surface area contributed by atoms with Gasteiger partial charge in [0.1, 0.15) is 0 Å². The van der Waals surface area contributed by atoms with Crippen molar-refractivity contribution in [2.24, 2.45) is 23.7 Å². The fourth-order valence-corrected chi connectivity index (χ4v) is 5.02. The first kappa shape index (κ1) is 10.7. The number of terminal acetylenes is 1. The molecule has 0 radical (unpaired) electrons. The molecule has 2 bridgehead atoms. The quantitative estimate of drug-likeness (QED) is 0.570. The van der Waals surface area contributed by atoms with E-state index in [1.54, 1.807) is 0 Å². The fraction of sp³-hybridized carbons (Fsp3) is 0.867. The van der Waals surface area contributed by atoms with Crippen LogP contribution >= 0.6 is 0 Å². The first-order chi connectivity index (χ1) is 7.74. The molecule has 16 heavy (non-hydrogen) atoms. The van der Waals surface area contributed by atoms with E-state index in [1.165, 1.54) is 25.7 Å². The van der Waals surface area contributed by atoms with Gasteiger partial charge in [0.2, 0.25) is 0 Å². The Bertz CT molecular complexity index is 316. The highest BCUT2D eigenvalue weighted by atomic mass is 16.3. The molecular weight excluding hydrogens is 196 g/mol. The first-order valence-electron chi connectivity index (χ1n) is 6.90.